The Bertz CT molecular complexity index is 434. The molecule has 4 N–H and O–H groups in total. The fraction of sp³-hybridized carbons (Fsp3) is 0.417. The first kappa shape index (κ1) is 14.1. The zero-order valence-corrected chi connectivity index (χ0v) is 10.2. The molecule has 1 aromatic heterocycles. The van der Waals surface area contributed by atoms with Crippen LogP contribution in [0, 0.1) is 0 Å². The van der Waals surface area contributed by atoms with Gasteiger partial charge in [-0.1, -0.05) is 6.92 Å². The number of aromatic carboxylic acids is 1. The van der Waals surface area contributed by atoms with E-state index in [1.807, 2.05) is 6.92 Å². The number of nitrogens with two attached hydrogens (primary N) is 1. The summed E-state index contributed by atoms with van der Waals surface area (Å²) in [7, 11) is 0. The van der Waals surface area contributed by atoms with E-state index < -0.39 is 5.97 Å². The maximum atomic E-state index is 11.5. The molecule has 0 saturated carbocycles. The summed E-state index contributed by atoms with van der Waals surface area (Å²) in [5.41, 5.74) is 6.31. The third-order valence-corrected chi connectivity index (χ3v) is 2.50. The third kappa shape index (κ3) is 4.50. The van der Waals surface area contributed by atoms with Gasteiger partial charge in [0.05, 0.1) is 17.8 Å². The van der Waals surface area contributed by atoms with E-state index in [4.69, 9.17) is 10.8 Å². The first-order valence-electron chi connectivity index (χ1n) is 5.73. The molecular weight excluding hydrogens is 234 g/mol. The molecule has 1 rings (SSSR count). The van der Waals surface area contributed by atoms with Crippen LogP contribution in [0.5, 0.6) is 0 Å². The third-order valence-electron chi connectivity index (χ3n) is 2.50. The van der Waals surface area contributed by atoms with Gasteiger partial charge in [0, 0.05) is 18.7 Å². The van der Waals surface area contributed by atoms with E-state index in [1.165, 1.54) is 18.3 Å². The van der Waals surface area contributed by atoms with Gasteiger partial charge in [-0.05, 0) is 18.6 Å². The molecule has 1 atom stereocenters. The van der Waals surface area contributed by atoms with Gasteiger partial charge in [-0.15, -0.1) is 0 Å². The molecule has 0 fully saturated rings. The van der Waals surface area contributed by atoms with Crippen molar-refractivity contribution in [3.63, 3.8) is 0 Å². The van der Waals surface area contributed by atoms with Crippen LogP contribution in [-0.4, -0.2) is 28.0 Å². The van der Waals surface area contributed by atoms with Gasteiger partial charge in [0.15, 0.2) is 0 Å². The highest BCUT2D eigenvalue weighted by molar-refractivity contribution is 5.87. The topological polar surface area (TPSA) is 105 Å². The number of carboxylic acid groups (broad SMARTS) is 1. The number of carboxylic acids is 1. The summed E-state index contributed by atoms with van der Waals surface area (Å²) in [6.45, 7) is 2.12. The standard InChI is InChI=1S/C12H17N3O3/c1-2-9(13)6-11(16)15-7-10-5-8(12(17)18)3-4-14-10/h3-5,9H,2,6-7,13H2,1H3,(H,15,16)(H,17,18). The molecule has 0 aliphatic rings. The van der Waals surface area contributed by atoms with Crippen molar-refractivity contribution in [2.75, 3.05) is 0 Å². The molecule has 1 heterocycles. The van der Waals surface area contributed by atoms with Gasteiger partial charge in [0.1, 0.15) is 0 Å². The van der Waals surface area contributed by atoms with E-state index in [1.54, 1.807) is 0 Å². The van der Waals surface area contributed by atoms with Crippen molar-refractivity contribution in [1.82, 2.24) is 10.3 Å². The van der Waals surface area contributed by atoms with Crippen molar-refractivity contribution in [2.45, 2.75) is 32.4 Å². The Morgan fingerprint density at radius 1 is 1.56 bits per heavy atom. The highest BCUT2D eigenvalue weighted by Gasteiger charge is 2.08. The Balaban J connectivity index is 2.50. The summed E-state index contributed by atoms with van der Waals surface area (Å²) < 4.78 is 0. The number of hydrogen-bond donors (Lipinski definition) is 3. The second kappa shape index (κ2) is 6.70. The van der Waals surface area contributed by atoms with Crippen molar-refractivity contribution in [3.05, 3.63) is 29.6 Å². The van der Waals surface area contributed by atoms with Crippen LogP contribution in [0.1, 0.15) is 35.8 Å². The lowest BCUT2D eigenvalue weighted by atomic mass is 10.1. The minimum Gasteiger partial charge on any atom is -0.478 e. The van der Waals surface area contributed by atoms with Crippen LogP contribution in [0.2, 0.25) is 0 Å². The molecule has 1 amide bonds. The highest BCUT2D eigenvalue weighted by Crippen LogP contribution is 2.02. The summed E-state index contributed by atoms with van der Waals surface area (Å²) in [5.74, 6) is -1.18. The van der Waals surface area contributed by atoms with Crippen LogP contribution >= 0.6 is 0 Å². The summed E-state index contributed by atoms with van der Waals surface area (Å²) >= 11 is 0. The zero-order chi connectivity index (χ0) is 13.5. The molecule has 6 heteroatoms. The number of hydrogen-bond acceptors (Lipinski definition) is 4. The smallest absolute Gasteiger partial charge is 0.335 e. The molecule has 0 radical (unpaired) electrons. The van der Waals surface area contributed by atoms with E-state index in [-0.39, 0.29) is 30.5 Å². The Kier molecular flexibility index (Phi) is 5.26. The van der Waals surface area contributed by atoms with Crippen LogP contribution in [0.3, 0.4) is 0 Å². The zero-order valence-electron chi connectivity index (χ0n) is 10.2. The van der Waals surface area contributed by atoms with Gasteiger partial charge in [-0.3, -0.25) is 9.78 Å². The Labute approximate surface area is 105 Å². The quantitative estimate of drug-likeness (QED) is 0.683. The number of aromatic nitrogens is 1. The van der Waals surface area contributed by atoms with Crippen molar-refractivity contribution in [3.8, 4) is 0 Å². The monoisotopic (exact) mass is 251 g/mol. The van der Waals surface area contributed by atoms with Gasteiger partial charge >= 0.3 is 5.97 Å². The van der Waals surface area contributed by atoms with Crippen LogP contribution in [0.15, 0.2) is 18.3 Å². The molecular formula is C12H17N3O3. The molecule has 6 nitrogen and oxygen atoms in total. The first-order chi connectivity index (χ1) is 8.52. The van der Waals surface area contributed by atoms with Gasteiger partial charge in [0.2, 0.25) is 5.91 Å². The number of carbonyl (C=O) groups excluding carboxylic acids is 1. The molecule has 1 unspecified atom stereocenters. The molecule has 0 aliphatic carbocycles. The minimum absolute atomic E-state index is 0.150. The summed E-state index contributed by atoms with van der Waals surface area (Å²) in [4.78, 5) is 26.2. The lowest BCUT2D eigenvalue weighted by Gasteiger charge is -2.09. The summed E-state index contributed by atoms with van der Waals surface area (Å²) in [5, 5.41) is 11.5. The molecule has 0 bridgehead atoms. The van der Waals surface area contributed by atoms with Crippen LogP contribution in [-0.2, 0) is 11.3 Å². The van der Waals surface area contributed by atoms with E-state index in [0.717, 1.165) is 6.42 Å². The fourth-order valence-corrected chi connectivity index (χ4v) is 1.35. The Morgan fingerprint density at radius 2 is 2.28 bits per heavy atom. The second-order valence-corrected chi connectivity index (χ2v) is 3.99. The number of nitrogens with one attached hydrogen (secondary N) is 1. The number of carbonyl (C=O) groups is 2. The second-order valence-electron chi connectivity index (χ2n) is 3.99. The summed E-state index contributed by atoms with van der Waals surface area (Å²) in [6, 6.07) is 2.69. The maximum absolute atomic E-state index is 11.5. The van der Waals surface area contributed by atoms with Gasteiger partial charge in [-0.2, -0.15) is 0 Å². The van der Waals surface area contributed by atoms with Gasteiger partial charge < -0.3 is 16.2 Å². The van der Waals surface area contributed by atoms with Crippen LogP contribution < -0.4 is 11.1 Å². The van der Waals surface area contributed by atoms with Crippen LogP contribution in [0.4, 0.5) is 0 Å². The predicted molar refractivity (Wildman–Crippen MR) is 65.9 cm³/mol. The van der Waals surface area contributed by atoms with Crippen LogP contribution in [0.25, 0.3) is 0 Å². The summed E-state index contributed by atoms with van der Waals surface area (Å²) in [6.07, 6.45) is 2.40. The average molecular weight is 251 g/mol. The largest absolute Gasteiger partial charge is 0.478 e. The number of rotatable bonds is 6. The number of amides is 1. The average Bonchev–Trinajstić information content (AvgIpc) is 2.36. The van der Waals surface area contributed by atoms with Crippen molar-refractivity contribution >= 4 is 11.9 Å². The number of pyridine rings is 1. The van der Waals surface area contributed by atoms with Gasteiger partial charge in [-0.25, -0.2) is 4.79 Å². The van der Waals surface area contributed by atoms with E-state index in [2.05, 4.69) is 10.3 Å². The van der Waals surface area contributed by atoms with Crippen molar-refractivity contribution < 1.29 is 14.7 Å². The highest BCUT2D eigenvalue weighted by atomic mass is 16.4. The van der Waals surface area contributed by atoms with Gasteiger partial charge in [0.25, 0.3) is 0 Å². The molecule has 0 aromatic carbocycles. The number of nitrogens with zero attached hydrogens (tertiary/aromatic N) is 1. The molecule has 18 heavy (non-hydrogen) atoms. The maximum Gasteiger partial charge on any atom is 0.335 e. The van der Waals surface area contributed by atoms with E-state index in [9.17, 15) is 9.59 Å². The lowest BCUT2D eigenvalue weighted by molar-refractivity contribution is -0.121. The van der Waals surface area contributed by atoms with Crippen molar-refractivity contribution in [1.29, 1.82) is 0 Å². The van der Waals surface area contributed by atoms with E-state index in [0.29, 0.717) is 5.69 Å². The first-order valence-corrected chi connectivity index (χ1v) is 5.73. The Hall–Kier alpha value is -1.95. The minimum atomic E-state index is -1.02. The Morgan fingerprint density at radius 3 is 2.89 bits per heavy atom. The molecule has 1 aromatic rings. The molecule has 0 saturated heterocycles. The normalized spacial score (nSPS) is 11.9. The SMILES string of the molecule is CCC(N)CC(=O)NCc1cc(C(=O)O)ccn1. The molecule has 0 aliphatic heterocycles. The predicted octanol–water partition coefficient (Wildman–Crippen LogP) is 0.523. The molecule has 98 valence electrons. The van der Waals surface area contributed by atoms with Crippen molar-refractivity contribution in [2.24, 2.45) is 5.73 Å². The fourth-order valence-electron chi connectivity index (χ4n) is 1.35. The molecule has 0 spiro atoms. The lowest BCUT2D eigenvalue weighted by Crippen LogP contribution is -2.31. The van der Waals surface area contributed by atoms with E-state index >= 15 is 0 Å².